The summed E-state index contributed by atoms with van der Waals surface area (Å²) in [5.74, 6) is -0.363. The van der Waals surface area contributed by atoms with Crippen molar-refractivity contribution in [3.8, 4) is 0 Å². The second-order valence-electron chi connectivity index (χ2n) is 6.63. The Bertz CT molecular complexity index is 720. The second-order valence-corrected chi connectivity index (χ2v) is 6.63. The molecule has 6 heteroatoms. The summed E-state index contributed by atoms with van der Waals surface area (Å²) in [6.45, 7) is 3.36. The molecule has 0 bridgehead atoms. The molecule has 0 spiro atoms. The minimum Gasteiger partial charge on any atom is -0.391 e. The first kappa shape index (κ1) is 21.8. The number of hydrogen-bond acceptors (Lipinski definition) is 5. The Balaban J connectivity index is 2.18. The van der Waals surface area contributed by atoms with Gasteiger partial charge in [-0.15, -0.1) is 0 Å². The lowest BCUT2D eigenvalue weighted by atomic mass is 10.0. The number of hydrogen-bond donors (Lipinski definition) is 2. The molecule has 2 aromatic rings. The first-order valence-corrected chi connectivity index (χ1v) is 9.22. The van der Waals surface area contributed by atoms with Gasteiger partial charge in [0.15, 0.2) is 0 Å². The molecule has 6 nitrogen and oxygen atoms in total. The van der Waals surface area contributed by atoms with Gasteiger partial charge < -0.3 is 24.7 Å². The van der Waals surface area contributed by atoms with E-state index in [0.29, 0.717) is 6.29 Å². The van der Waals surface area contributed by atoms with Crippen molar-refractivity contribution in [1.82, 2.24) is 5.32 Å². The van der Waals surface area contributed by atoms with E-state index in [9.17, 15) is 14.7 Å². The molecular weight excluding hydrogens is 358 g/mol. The van der Waals surface area contributed by atoms with Crippen molar-refractivity contribution in [3.05, 3.63) is 71.8 Å². The van der Waals surface area contributed by atoms with E-state index < -0.39 is 24.4 Å². The number of carbonyl (C=O) groups excluding carboxylic acids is 2. The van der Waals surface area contributed by atoms with Crippen molar-refractivity contribution in [3.63, 3.8) is 0 Å². The van der Waals surface area contributed by atoms with E-state index in [-0.39, 0.29) is 19.1 Å². The van der Waals surface area contributed by atoms with E-state index in [1.165, 1.54) is 6.92 Å². The van der Waals surface area contributed by atoms with Crippen LogP contribution in [0.4, 0.5) is 0 Å². The van der Waals surface area contributed by atoms with Crippen LogP contribution in [0.1, 0.15) is 25.0 Å². The molecule has 0 aliphatic carbocycles. The highest BCUT2D eigenvalue weighted by Crippen LogP contribution is 2.17. The van der Waals surface area contributed by atoms with E-state index in [1.54, 1.807) is 6.92 Å². The molecule has 0 radical (unpaired) electrons. The van der Waals surface area contributed by atoms with Crippen LogP contribution >= 0.6 is 0 Å². The average molecular weight is 385 g/mol. The van der Waals surface area contributed by atoms with Crippen molar-refractivity contribution in [2.45, 2.75) is 51.4 Å². The van der Waals surface area contributed by atoms with Crippen LogP contribution in [0.2, 0.25) is 0 Å². The molecule has 0 saturated carbocycles. The maximum absolute atomic E-state index is 11.7. The van der Waals surface area contributed by atoms with Gasteiger partial charge in [0.1, 0.15) is 24.5 Å². The molecule has 2 N–H and O–H groups in total. The minimum atomic E-state index is -0.948. The highest BCUT2D eigenvalue weighted by Gasteiger charge is 2.35. The molecule has 1 amide bonds. The number of aliphatic hydroxyl groups is 1. The van der Waals surface area contributed by atoms with Crippen molar-refractivity contribution in [2.24, 2.45) is 0 Å². The molecule has 0 unspecified atom stereocenters. The molecule has 150 valence electrons. The average Bonchev–Trinajstić information content (AvgIpc) is 2.70. The third-order valence-electron chi connectivity index (χ3n) is 4.24. The standard InChI is InChI=1S/C22H27NO5/c1-16(25)21(27-14-18-9-5-3-6-10-18)22(20(13-24)23-17(2)26)28-15-19-11-7-4-8-12-19/h3-13,16,20-22,25H,14-15H2,1-2H3,(H,23,26)/t16-,20+,21+,22-/m1/s1. The summed E-state index contributed by atoms with van der Waals surface area (Å²) in [6, 6.07) is 18.0. The molecule has 0 aliphatic heterocycles. The lowest BCUT2D eigenvalue weighted by Gasteiger charge is -2.33. The maximum atomic E-state index is 11.7. The first-order valence-electron chi connectivity index (χ1n) is 9.22. The summed E-state index contributed by atoms with van der Waals surface area (Å²) in [5, 5.41) is 12.9. The lowest BCUT2D eigenvalue weighted by molar-refractivity contribution is -0.148. The highest BCUT2D eigenvalue weighted by molar-refractivity contribution is 5.77. The van der Waals surface area contributed by atoms with Gasteiger partial charge in [0.25, 0.3) is 0 Å². The monoisotopic (exact) mass is 385 g/mol. The van der Waals surface area contributed by atoms with Crippen molar-refractivity contribution in [2.75, 3.05) is 0 Å². The van der Waals surface area contributed by atoms with Crippen molar-refractivity contribution >= 4 is 12.2 Å². The third-order valence-corrected chi connectivity index (χ3v) is 4.24. The summed E-state index contributed by atoms with van der Waals surface area (Å²) in [7, 11) is 0. The van der Waals surface area contributed by atoms with Gasteiger partial charge in [0, 0.05) is 6.92 Å². The molecule has 4 atom stereocenters. The fourth-order valence-corrected chi connectivity index (χ4v) is 2.87. The predicted molar refractivity (Wildman–Crippen MR) is 105 cm³/mol. The molecule has 0 aromatic heterocycles. The third kappa shape index (κ3) is 6.88. The Labute approximate surface area is 165 Å². The van der Waals surface area contributed by atoms with Gasteiger partial charge in [-0.05, 0) is 18.1 Å². The molecule has 0 aliphatic rings. The highest BCUT2D eigenvalue weighted by atomic mass is 16.5. The maximum Gasteiger partial charge on any atom is 0.217 e. The van der Waals surface area contributed by atoms with E-state index >= 15 is 0 Å². The Morgan fingerprint density at radius 2 is 1.43 bits per heavy atom. The van der Waals surface area contributed by atoms with Gasteiger partial charge in [-0.3, -0.25) is 4.79 Å². The second kappa shape index (κ2) is 11.3. The van der Waals surface area contributed by atoms with Gasteiger partial charge in [-0.25, -0.2) is 0 Å². The number of carbonyl (C=O) groups is 2. The molecular formula is C22H27NO5. The van der Waals surface area contributed by atoms with Crippen LogP contribution in [-0.2, 0) is 32.3 Å². The zero-order valence-corrected chi connectivity index (χ0v) is 16.2. The number of ether oxygens (including phenoxy) is 2. The van der Waals surface area contributed by atoms with E-state index in [4.69, 9.17) is 9.47 Å². The number of aldehydes is 1. The quantitative estimate of drug-likeness (QED) is 0.580. The van der Waals surface area contributed by atoms with E-state index in [2.05, 4.69) is 5.32 Å². The summed E-state index contributed by atoms with van der Waals surface area (Å²) in [6.07, 6.45) is -1.98. The number of amides is 1. The Kier molecular flexibility index (Phi) is 8.81. The molecule has 0 heterocycles. The van der Waals surface area contributed by atoms with Gasteiger partial charge >= 0.3 is 0 Å². The Morgan fingerprint density at radius 1 is 0.964 bits per heavy atom. The number of nitrogens with one attached hydrogen (secondary N) is 1. The van der Waals surface area contributed by atoms with Crippen LogP contribution in [0, 0.1) is 0 Å². The number of rotatable bonds is 11. The van der Waals surface area contributed by atoms with Crippen molar-refractivity contribution < 1.29 is 24.2 Å². The Hall–Kier alpha value is -2.54. The van der Waals surface area contributed by atoms with Gasteiger partial charge in [-0.1, -0.05) is 60.7 Å². The Morgan fingerprint density at radius 3 is 1.82 bits per heavy atom. The molecule has 28 heavy (non-hydrogen) atoms. The van der Waals surface area contributed by atoms with Crippen LogP contribution in [0.25, 0.3) is 0 Å². The normalized spacial score (nSPS) is 15.2. The van der Waals surface area contributed by atoms with E-state index in [1.807, 2.05) is 60.7 Å². The first-order chi connectivity index (χ1) is 13.5. The summed E-state index contributed by atoms with van der Waals surface area (Å²) >= 11 is 0. The molecule has 2 rings (SSSR count). The van der Waals surface area contributed by atoms with Crippen LogP contribution in [0.3, 0.4) is 0 Å². The SMILES string of the molecule is CC(=O)N[C@@H](C=O)[C@@H](OCc1ccccc1)[C@@H](OCc1ccccc1)[C@@H](C)O. The van der Waals surface area contributed by atoms with Crippen LogP contribution in [0.15, 0.2) is 60.7 Å². The van der Waals surface area contributed by atoms with Gasteiger partial charge in [0.05, 0.1) is 19.3 Å². The zero-order chi connectivity index (χ0) is 20.4. The number of aliphatic hydroxyl groups excluding tert-OH is 1. The van der Waals surface area contributed by atoms with Gasteiger partial charge in [-0.2, -0.15) is 0 Å². The smallest absolute Gasteiger partial charge is 0.217 e. The topological polar surface area (TPSA) is 84.9 Å². The molecule has 0 saturated heterocycles. The molecule has 2 aromatic carbocycles. The minimum absolute atomic E-state index is 0.216. The fourth-order valence-electron chi connectivity index (χ4n) is 2.87. The van der Waals surface area contributed by atoms with Crippen LogP contribution < -0.4 is 5.32 Å². The fraction of sp³-hybridized carbons (Fsp3) is 0.364. The molecule has 0 fully saturated rings. The van der Waals surface area contributed by atoms with Gasteiger partial charge in [0.2, 0.25) is 5.91 Å². The van der Waals surface area contributed by atoms with E-state index in [0.717, 1.165) is 11.1 Å². The predicted octanol–water partition coefficient (Wildman–Crippen LogP) is 2.24. The lowest BCUT2D eigenvalue weighted by Crippen LogP contribution is -2.54. The summed E-state index contributed by atoms with van der Waals surface area (Å²) in [4.78, 5) is 23.2. The van der Waals surface area contributed by atoms with Crippen LogP contribution in [-0.4, -0.2) is 41.7 Å². The summed E-state index contributed by atoms with van der Waals surface area (Å²) in [5.41, 5.74) is 1.84. The number of benzene rings is 2. The largest absolute Gasteiger partial charge is 0.391 e. The van der Waals surface area contributed by atoms with Crippen molar-refractivity contribution in [1.29, 1.82) is 0 Å². The zero-order valence-electron chi connectivity index (χ0n) is 16.2. The summed E-state index contributed by atoms with van der Waals surface area (Å²) < 4.78 is 11.9. The van der Waals surface area contributed by atoms with Crippen LogP contribution in [0.5, 0.6) is 0 Å².